The highest BCUT2D eigenvalue weighted by Crippen LogP contribution is 2.21. The molecule has 2 N–H and O–H groups in total. The van der Waals surface area contributed by atoms with Crippen molar-refractivity contribution in [2.75, 3.05) is 37.4 Å². The molecule has 9 nitrogen and oxygen atoms in total. The molecule has 34 heavy (non-hydrogen) atoms. The number of rotatable bonds is 8. The first-order valence-electron chi connectivity index (χ1n) is 11.1. The third kappa shape index (κ3) is 7.14. The summed E-state index contributed by atoms with van der Waals surface area (Å²) in [6, 6.07) is 13.2. The number of aliphatic hydroxyl groups is 1. The first-order valence-corrected chi connectivity index (χ1v) is 11.1. The van der Waals surface area contributed by atoms with Crippen LogP contribution >= 0.6 is 0 Å². The predicted molar refractivity (Wildman–Crippen MR) is 133 cm³/mol. The SMILES string of the molecule is CN(CCN(C)c1ccc(-c2ccnc(Nc3cccc(CO)c3)n2)cn1)C(=O)OC(C)(C)C. The highest BCUT2D eigenvalue weighted by Gasteiger charge is 2.19. The molecule has 1 amide bonds. The molecule has 0 unspecified atom stereocenters. The maximum absolute atomic E-state index is 12.1. The van der Waals surface area contributed by atoms with Gasteiger partial charge in [0.25, 0.3) is 0 Å². The molecule has 0 atom stereocenters. The monoisotopic (exact) mass is 464 g/mol. The Labute approximate surface area is 200 Å². The molecule has 2 aromatic heterocycles. The Bertz CT molecular complexity index is 1100. The van der Waals surface area contributed by atoms with Crippen LogP contribution in [0.4, 0.5) is 22.2 Å². The minimum absolute atomic E-state index is 0.0276. The lowest BCUT2D eigenvalue weighted by atomic mass is 10.2. The summed E-state index contributed by atoms with van der Waals surface area (Å²) in [6.07, 6.45) is 3.11. The topological polar surface area (TPSA) is 104 Å². The lowest BCUT2D eigenvalue weighted by Crippen LogP contribution is -2.38. The van der Waals surface area contributed by atoms with E-state index in [1.807, 2.05) is 75.2 Å². The molecule has 0 radical (unpaired) electrons. The van der Waals surface area contributed by atoms with Crippen molar-refractivity contribution in [3.63, 3.8) is 0 Å². The van der Waals surface area contributed by atoms with Gasteiger partial charge in [0.05, 0.1) is 12.3 Å². The summed E-state index contributed by atoms with van der Waals surface area (Å²) in [5.74, 6) is 1.24. The van der Waals surface area contributed by atoms with Crippen molar-refractivity contribution in [3.05, 3.63) is 60.4 Å². The third-order valence-corrected chi connectivity index (χ3v) is 4.93. The Hall–Kier alpha value is -3.72. The van der Waals surface area contributed by atoms with E-state index < -0.39 is 5.60 Å². The van der Waals surface area contributed by atoms with Crippen molar-refractivity contribution in [2.45, 2.75) is 33.0 Å². The molecule has 3 aromatic rings. The molecule has 0 saturated carbocycles. The molecule has 0 saturated heterocycles. The fourth-order valence-electron chi connectivity index (χ4n) is 3.07. The van der Waals surface area contributed by atoms with E-state index in [0.717, 1.165) is 28.3 Å². The lowest BCUT2D eigenvalue weighted by molar-refractivity contribution is 0.0303. The Morgan fingerprint density at radius 1 is 1.09 bits per heavy atom. The number of anilines is 3. The van der Waals surface area contributed by atoms with Crippen molar-refractivity contribution < 1.29 is 14.6 Å². The molecular formula is C25H32N6O3. The van der Waals surface area contributed by atoms with E-state index in [4.69, 9.17) is 4.74 Å². The summed E-state index contributed by atoms with van der Waals surface area (Å²) in [4.78, 5) is 29.1. The maximum atomic E-state index is 12.1. The first kappa shape index (κ1) is 24.9. The molecule has 3 rings (SSSR count). The average molecular weight is 465 g/mol. The standard InChI is InChI=1S/C25H32N6O3/c1-25(2,3)34-24(33)31(5)14-13-30(4)22-10-9-19(16-27-22)21-11-12-26-23(29-21)28-20-8-6-7-18(15-20)17-32/h6-12,15-16,32H,13-14,17H2,1-5H3,(H,26,28,29). The number of aliphatic hydroxyl groups excluding tert-OH is 1. The summed E-state index contributed by atoms with van der Waals surface area (Å²) in [7, 11) is 3.65. The van der Waals surface area contributed by atoms with Crippen LogP contribution in [0.1, 0.15) is 26.3 Å². The maximum Gasteiger partial charge on any atom is 0.410 e. The van der Waals surface area contributed by atoms with Crippen LogP contribution in [0.2, 0.25) is 0 Å². The minimum Gasteiger partial charge on any atom is -0.444 e. The molecule has 0 aliphatic heterocycles. The van der Waals surface area contributed by atoms with E-state index in [0.29, 0.717) is 19.0 Å². The number of ether oxygens (including phenoxy) is 1. The van der Waals surface area contributed by atoms with Crippen LogP contribution in [0.15, 0.2) is 54.9 Å². The number of hydrogen-bond donors (Lipinski definition) is 2. The van der Waals surface area contributed by atoms with Crippen LogP contribution in [-0.2, 0) is 11.3 Å². The van der Waals surface area contributed by atoms with Gasteiger partial charge in [-0.1, -0.05) is 12.1 Å². The zero-order chi connectivity index (χ0) is 24.7. The van der Waals surface area contributed by atoms with E-state index in [1.54, 1.807) is 24.3 Å². The molecule has 0 spiro atoms. The molecular weight excluding hydrogens is 432 g/mol. The summed E-state index contributed by atoms with van der Waals surface area (Å²) in [5.41, 5.74) is 2.69. The molecule has 1 aromatic carbocycles. The van der Waals surface area contributed by atoms with E-state index >= 15 is 0 Å². The number of pyridine rings is 1. The molecule has 0 bridgehead atoms. The second kappa shape index (κ2) is 10.9. The zero-order valence-electron chi connectivity index (χ0n) is 20.3. The van der Waals surface area contributed by atoms with Gasteiger partial charge < -0.3 is 25.0 Å². The van der Waals surface area contributed by atoms with Crippen LogP contribution in [0, 0.1) is 0 Å². The van der Waals surface area contributed by atoms with Crippen LogP contribution in [-0.4, -0.2) is 63.8 Å². The van der Waals surface area contributed by atoms with Gasteiger partial charge in [0.15, 0.2) is 0 Å². The van der Waals surface area contributed by atoms with Gasteiger partial charge in [0.1, 0.15) is 11.4 Å². The number of carbonyl (C=O) groups is 1. The van der Waals surface area contributed by atoms with Gasteiger partial charge >= 0.3 is 6.09 Å². The number of amides is 1. The third-order valence-electron chi connectivity index (χ3n) is 4.93. The van der Waals surface area contributed by atoms with Crippen molar-refractivity contribution in [2.24, 2.45) is 0 Å². The zero-order valence-corrected chi connectivity index (χ0v) is 20.3. The molecule has 0 fully saturated rings. The highest BCUT2D eigenvalue weighted by molar-refractivity contribution is 5.68. The largest absolute Gasteiger partial charge is 0.444 e. The van der Waals surface area contributed by atoms with Gasteiger partial charge in [0, 0.05) is 50.8 Å². The Kier molecular flexibility index (Phi) is 8.01. The Balaban J connectivity index is 1.61. The number of benzene rings is 1. The second-order valence-corrected chi connectivity index (χ2v) is 8.98. The molecule has 180 valence electrons. The van der Waals surface area contributed by atoms with Crippen molar-refractivity contribution in [3.8, 4) is 11.3 Å². The number of nitrogens with zero attached hydrogens (tertiary/aromatic N) is 5. The smallest absolute Gasteiger partial charge is 0.410 e. The fourth-order valence-corrected chi connectivity index (χ4v) is 3.07. The molecule has 0 aliphatic rings. The summed E-state index contributed by atoms with van der Waals surface area (Å²) in [5, 5.41) is 12.5. The van der Waals surface area contributed by atoms with Crippen molar-refractivity contribution in [1.82, 2.24) is 19.9 Å². The molecule has 2 heterocycles. The minimum atomic E-state index is -0.519. The van der Waals surface area contributed by atoms with Crippen LogP contribution < -0.4 is 10.2 Å². The van der Waals surface area contributed by atoms with Crippen molar-refractivity contribution in [1.29, 1.82) is 0 Å². The van der Waals surface area contributed by atoms with E-state index in [9.17, 15) is 9.90 Å². The number of hydrogen-bond acceptors (Lipinski definition) is 8. The number of nitrogens with one attached hydrogen (secondary N) is 1. The van der Waals surface area contributed by atoms with Crippen LogP contribution in [0.25, 0.3) is 11.3 Å². The fraction of sp³-hybridized carbons (Fsp3) is 0.360. The Morgan fingerprint density at radius 2 is 1.88 bits per heavy atom. The van der Waals surface area contributed by atoms with E-state index in [-0.39, 0.29) is 12.7 Å². The first-order chi connectivity index (χ1) is 16.1. The quantitative estimate of drug-likeness (QED) is 0.514. The Morgan fingerprint density at radius 3 is 2.56 bits per heavy atom. The number of aromatic nitrogens is 3. The van der Waals surface area contributed by atoms with Gasteiger partial charge in [-0.2, -0.15) is 0 Å². The van der Waals surface area contributed by atoms with Gasteiger partial charge in [-0.05, 0) is 56.7 Å². The van der Waals surface area contributed by atoms with Crippen LogP contribution in [0.5, 0.6) is 0 Å². The number of likely N-dealkylation sites (N-methyl/N-ethyl adjacent to an activating group) is 2. The van der Waals surface area contributed by atoms with E-state index in [2.05, 4.69) is 20.3 Å². The summed E-state index contributed by atoms with van der Waals surface area (Å²) in [6.45, 7) is 6.63. The van der Waals surface area contributed by atoms with Crippen LogP contribution in [0.3, 0.4) is 0 Å². The predicted octanol–water partition coefficient (Wildman–Crippen LogP) is 4.08. The molecule has 0 aliphatic carbocycles. The van der Waals surface area contributed by atoms with Gasteiger partial charge in [-0.3, -0.25) is 0 Å². The molecule has 9 heteroatoms. The average Bonchev–Trinajstić information content (AvgIpc) is 2.81. The summed E-state index contributed by atoms with van der Waals surface area (Å²) < 4.78 is 5.39. The lowest BCUT2D eigenvalue weighted by Gasteiger charge is -2.26. The second-order valence-electron chi connectivity index (χ2n) is 8.98. The summed E-state index contributed by atoms with van der Waals surface area (Å²) >= 11 is 0. The van der Waals surface area contributed by atoms with Gasteiger partial charge in [-0.15, -0.1) is 0 Å². The van der Waals surface area contributed by atoms with Gasteiger partial charge in [0.2, 0.25) is 5.95 Å². The van der Waals surface area contributed by atoms with E-state index in [1.165, 1.54) is 0 Å². The van der Waals surface area contributed by atoms with Gasteiger partial charge in [-0.25, -0.2) is 19.7 Å². The number of carbonyl (C=O) groups excluding carboxylic acids is 1. The normalized spacial score (nSPS) is 11.1. The highest BCUT2D eigenvalue weighted by atomic mass is 16.6. The van der Waals surface area contributed by atoms with Crippen molar-refractivity contribution >= 4 is 23.5 Å².